The molecule has 9 heteroatoms. The quantitative estimate of drug-likeness (QED) is 0.728. The van der Waals surface area contributed by atoms with E-state index < -0.39 is 11.9 Å². The number of anilines is 1. The summed E-state index contributed by atoms with van der Waals surface area (Å²) in [4.78, 5) is 24.2. The second-order valence-electron chi connectivity index (χ2n) is 5.54. The third-order valence-electron chi connectivity index (χ3n) is 3.75. The third kappa shape index (κ3) is 3.06. The van der Waals surface area contributed by atoms with E-state index in [-0.39, 0.29) is 21.3 Å². The van der Waals surface area contributed by atoms with Crippen molar-refractivity contribution in [3.05, 3.63) is 45.7 Å². The van der Waals surface area contributed by atoms with Crippen LogP contribution < -0.4 is 5.32 Å². The van der Waals surface area contributed by atoms with Gasteiger partial charge in [-0.15, -0.1) is 11.3 Å². The summed E-state index contributed by atoms with van der Waals surface area (Å²) in [5.74, 6) is -1.58. The fourth-order valence-corrected chi connectivity index (χ4v) is 3.71. The molecule has 0 aliphatic rings. The van der Waals surface area contributed by atoms with Crippen molar-refractivity contribution >= 4 is 39.8 Å². The number of thiophene rings is 1. The molecule has 0 spiro atoms. The second-order valence-corrected chi connectivity index (χ2v) is 6.78. The molecule has 3 aromatic heterocycles. The standard InChI is InChI=1S/C16H15ClN4O3S/c1-8-6-11(21(3)19-8)10-7-25-15(12(10)16(23)24)18-14(22)9-4-5-20(2)13(9)17/h4-7H,1-3H3,(H,18,22)(H,23,24). The van der Waals surface area contributed by atoms with Gasteiger partial charge in [0.25, 0.3) is 5.91 Å². The maximum absolute atomic E-state index is 12.4. The van der Waals surface area contributed by atoms with Crippen LogP contribution in [0.3, 0.4) is 0 Å². The number of halogens is 1. The lowest BCUT2D eigenvalue weighted by Crippen LogP contribution is -2.13. The Morgan fingerprint density at radius 1 is 1.36 bits per heavy atom. The maximum Gasteiger partial charge on any atom is 0.339 e. The molecule has 0 aromatic carbocycles. The molecule has 0 aliphatic heterocycles. The number of carbonyl (C=O) groups excluding carboxylic acids is 1. The van der Waals surface area contributed by atoms with Gasteiger partial charge in [0, 0.05) is 31.2 Å². The zero-order valence-corrected chi connectivity index (χ0v) is 15.3. The van der Waals surface area contributed by atoms with Crippen molar-refractivity contribution in [2.24, 2.45) is 14.1 Å². The van der Waals surface area contributed by atoms with Gasteiger partial charge in [0.05, 0.1) is 17.0 Å². The number of carboxylic acids is 1. The molecule has 25 heavy (non-hydrogen) atoms. The van der Waals surface area contributed by atoms with Gasteiger partial charge in [-0.3, -0.25) is 9.48 Å². The summed E-state index contributed by atoms with van der Waals surface area (Å²) in [7, 11) is 3.46. The van der Waals surface area contributed by atoms with Gasteiger partial charge in [-0.2, -0.15) is 5.10 Å². The molecule has 0 saturated carbocycles. The van der Waals surface area contributed by atoms with E-state index >= 15 is 0 Å². The summed E-state index contributed by atoms with van der Waals surface area (Å²) < 4.78 is 3.22. The Balaban J connectivity index is 2.00. The van der Waals surface area contributed by atoms with Crippen LogP contribution in [0.5, 0.6) is 0 Å². The van der Waals surface area contributed by atoms with Gasteiger partial charge in [-0.25, -0.2) is 4.79 Å². The minimum Gasteiger partial charge on any atom is -0.478 e. The number of nitrogens with one attached hydrogen (secondary N) is 1. The number of hydrogen-bond donors (Lipinski definition) is 2. The molecule has 0 aliphatic carbocycles. The van der Waals surface area contributed by atoms with Gasteiger partial charge < -0.3 is 15.0 Å². The van der Waals surface area contributed by atoms with Crippen LogP contribution in [0.1, 0.15) is 26.4 Å². The molecule has 0 bridgehead atoms. The first-order chi connectivity index (χ1) is 11.8. The van der Waals surface area contributed by atoms with Crippen molar-refractivity contribution < 1.29 is 14.7 Å². The van der Waals surface area contributed by atoms with Crippen LogP contribution in [0.2, 0.25) is 5.15 Å². The van der Waals surface area contributed by atoms with Crippen LogP contribution in [0.4, 0.5) is 5.00 Å². The van der Waals surface area contributed by atoms with E-state index in [0.29, 0.717) is 11.3 Å². The van der Waals surface area contributed by atoms with Crippen molar-refractivity contribution in [1.82, 2.24) is 14.3 Å². The second kappa shape index (κ2) is 6.38. The Hall–Kier alpha value is -2.58. The van der Waals surface area contributed by atoms with E-state index in [0.717, 1.165) is 17.0 Å². The Bertz CT molecular complexity index is 986. The number of aryl methyl sites for hydroxylation is 3. The maximum atomic E-state index is 12.4. The van der Waals surface area contributed by atoms with Gasteiger partial charge in [-0.1, -0.05) is 11.6 Å². The molecule has 0 fully saturated rings. The van der Waals surface area contributed by atoms with Crippen LogP contribution in [0.25, 0.3) is 11.3 Å². The Morgan fingerprint density at radius 3 is 2.60 bits per heavy atom. The zero-order chi connectivity index (χ0) is 18.3. The molecule has 7 nitrogen and oxygen atoms in total. The predicted octanol–water partition coefficient (Wildman–Crippen LogP) is 3.40. The van der Waals surface area contributed by atoms with E-state index in [9.17, 15) is 14.7 Å². The highest BCUT2D eigenvalue weighted by Gasteiger charge is 2.24. The van der Waals surface area contributed by atoms with Crippen LogP contribution in [0, 0.1) is 6.92 Å². The lowest BCUT2D eigenvalue weighted by Gasteiger charge is -2.06. The average molecular weight is 379 g/mol. The number of carbonyl (C=O) groups is 2. The van der Waals surface area contributed by atoms with E-state index in [1.165, 1.54) is 0 Å². The van der Waals surface area contributed by atoms with Crippen LogP contribution in [-0.2, 0) is 14.1 Å². The first kappa shape index (κ1) is 17.2. The first-order valence-electron chi connectivity index (χ1n) is 7.27. The Morgan fingerprint density at radius 2 is 2.08 bits per heavy atom. The lowest BCUT2D eigenvalue weighted by molar-refractivity contribution is 0.0699. The fourth-order valence-electron chi connectivity index (χ4n) is 2.56. The molecule has 3 heterocycles. The molecule has 3 aromatic rings. The number of hydrogen-bond acceptors (Lipinski definition) is 4. The highest BCUT2D eigenvalue weighted by atomic mass is 35.5. The number of aromatic carboxylic acids is 1. The van der Waals surface area contributed by atoms with Gasteiger partial charge in [-0.05, 0) is 19.1 Å². The van der Waals surface area contributed by atoms with Crippen LogP contribution >= 0.6 is 22.9 Å². The van der Waals surface area contributed by atoms with E-state index in [1.807, 2.05) is 6.92 Å². The van der Waals surface area contributed by atoms with Crippen molar-refractivity contribution in [3.8, 4) is 11.3 Å². The normalized spacial score (nSPS) is 10.9. The largest absolute Gasteiger partial charge is 0.478 e. The Kier molecular flexibility index (Phi) is 4.40. The molecular formula is C16H15ClN4O3S. The molecule has 0 radical (unpaired) electrons. The van der Waals surface area contributed by atoms with Crippen molar-refractivity contribution in [1.29, 1.82) is 0 Å². The number of aromatic nitrogens is 3. The fraction of sp³-hybridized carbons (Fsp3) is 0.188. The van der Waals surface area contributed by atoms with Crippen LogP contribution in [-0.4, -0.2) is 31.3 Å². The number of rotatable bonds is 4. The summed E-state index contributed by atoms with van der Waals surface area (Å²) in [6.45, 7) is 1.83. The smallest absolute Gasteiger partial charge is 0.339 e. The molecule has 1 amide bonds. The molecule has 0 atom stereocenters. The van der Waals surface area contributed by atoms with Crippen LogP contribution in [0.15, 0.2) is 23.7 Å². The number of carboxylic acid groups (broad SMARTS) is 1. The van der Waals surface area contributed by atoms with Crippen molar-refractivity contribution in [2.45, 2.75) is 6.92 Å². The van der Waals surface area contributed by atoms with Gasteiger partial charge in [0.15, 0.2) is 0 Å². The van der Waals surface area contributed by atoms with Crippen molar-refractivity contribution in [3.63, 3.8) is 0 Å². The van der Waals surface area contributed by atoms with E-state index in [2.05, 4.69) is 10.4 Å². The zero-order valence-electron chi connectivity index (χ0n) is 13.7. The van der Waals surface area contributed by atoms with Gasteiger partial charge in [0.2, 0.25) is 0 Å². The lowest BCUT2D eigenvalue weighted by atomic mass is 10.1. The molecular weight excluding hydrogens is 364 g/mol. The molecule has 0 saturated heterocycles. The SMILES string of the molecule is Cc1cc(-c2csc(NC(=O)c3ccn(C)c3Cl)c2C(=O)O)n(C)n1. The number of nitrogens with zero attached hydrogens (tertiary/aromatic N) is 3. The monoisotopic (exact) mass is 378 g/mol. The highest BCUT2D eigenvalue weighted by Crippen LogP contribution is 2.36. The molecule has 2 N–H and O–H groups in total. The average Bonchev–Trinajstić information content (AvgIpc) is 3.18. The summed E-state index contributed by atoms with van der Waals surface area (Å²) >= 11 is 7.22. The van der Waals surface area contributed by atoms with Gasteiger partial charge in [0.1, 0.15) is 15.7 Å². The summed E-state index contributed by atoms with van der Waals surface area (Å²) in [6.07, 6.45) is 1.66. The topological polar surface area (TPSA) is 89.1 Å². The Labute approximate surface area is 152 Å². The summed E-state index contributed by atoms with van der Waals surface area (Å²) in [6, 6.07) is 3.38. The van der Waals surface area contributed by atoms with Gasteiger partial charge >= 0.3 is 5.97 Å². The minimum atomic E-state index is -1.12. The minimum absolute atomic E-state index is 0.0356. The molecule has 3 rings (SSSR count). The summed E-state index contributed by atoms with van der Waals surface area (Å²) in [5, 5.41) is 18.8. The molecule has 130 valence electrons. The van der Waals surface area contributed by atoms with E-state index in [1.54, 1.807) is 47.1 Å². The summed E-state index contributed by atoms with van der Waals surface area (Å²) in [5.41, 5.74) is 2.28. The number of amides is 1. The highest BCUT2D eigenvalue weighted by molar-refractivity contribution is 7.15. The van der Waals surface area contributed by atoms with Crippen molar-refractivity contribution in [2.75, 3.05) is 5.32 Å². The third-order valence-corrected chi connectivity index (χ3v) is 5.12. The first-order valence-corrected chi connectivity index (χ1v) is 8.53. The molecule has 0 unspecified atom stereocenters. The van der Waals surface area contributed by atoms with E-state index in [4.69, 9.17) is 11.6 Å². The predicted molar refractivity (Wildman–Crippen MR) is 96.6 cm³/mol.